The largest absolute Gasteiger partial charge is 0.478 e. The number of rotatable bonds is 7. The van der Waals surface area contributed by atoms with Crippen LogP contribution in [0.15, 0.2) is 29.6 Å². The van der Waals surface area contributed by atoms with Crippen LogP contribution >= 0.6 is 11.3 Å². The van der Waals surface area contributed by atoms with Crippen molar-refractivity contribution in [2.45, 2.75) is 26.3 Å². The molecule has 0 aliphatic carbocycles. The number of amides is 2. The predicted octanol–water partition coefficient (Wildman–Crippen LogP) is 2.51. The molecule has 1 aromatic heterocycles. The normalized spacial score (nSPS) is 10.2. The van der Waals surface area contributed by atoms with E-state index in [0.717, 1.165) is 12.0 Å². The number of hydrogen-bond acceptors (Lipinski definition) is 5. The zero-order valence-electron chi connectivity index (χ0n) is 13.0. The molecule has 0 bridgehead atoms. The van der Waals surface area contributed by atoms with Crippen LogP contribution in [-0.4, -0.2) is 27.9 Å². The van der Waals surface area contributed by atoms with Crippen LogP contribution < -0.4 is 10.6 Å². The molecule has 0 saturated heterocycles. The van der Waals surface area contributed by atoms with Crippen molar-refractivity contribution in [2.24, 2.45) is 0 Å². The Morgan fingerprint density at radius 2 is 1.92 bits per heavy atom. The number of nitrogens with one attached hydrogen (secondary N) is 2. The van der Waals surface area contributed by atoms with Gasteiger partial charge in [-0.15, -0.1) is 11.3 Å². The van der Waals surface area contributed by atoms with Crippen LogP contribution in [0.3, 0.4) is 0 Å². The lowest BCUT2D eigenvalue weighted by atomic mass is 10.1. The number of carboxylic acids is 1. The van der Waals surface area contributed by atoms with Gasteiger partial charge >= 0.3 is 5.97 Å². The quantitative estimate of drug-likeness (QED) is 0.713. The highest BCUT2D eigenvalue weighted by Gasteiger charge is 2.12. The highest BCUT2D eigenvalue weighted by atomic mass is 32.1. The van der Waals surface area contributed by atoms with Crippen molar-refractivity contribution in [1.29, 1.82) is 0 Å². The smallest absolute Gasteiger partial charge is 0.335 e. The minimum atomic E-state index is -0.995. The summed E-state index contributed by atoms with van der Waals surface area (Å²) in [5.41, 5.74) is 1.20. The van der Waals surface area contributed by atoms with Crippen LogP contribution in [0.4, 0.5) is 5.13 Å². The highest BCUT2D eigenvalue weighted by molar-refractivity contribution is 7.14. The van der Waals surface area contributed by atoms with E-state index in [4.69, 9.17) is 5.11 Å². The maximum absolute atomic E-state index is 12.0. The molecule has 0 spiro atoms. The molecule has 0 unspecified atom stereocenters. The van der Waals surface area contributed by atoms with Crippen molar-refractivity contribution in [3.63, 3.8) is 0 Å². The molecular weight excluding hydrogens is 330 g/mol. The molecule has 1 aromatic carbocycles. The molecule has 0 fully saturated rings. The fraction of sp³-hybridized carbons (Fsp3) is 0.250. The lowest BCUT2D eigenvalue weighted by Crippen LogP contribution is -2.23. The SMILES string of the molecule is CCCC(=O)Nc1nc(C(=O)NCc2ccc(C(=O)O)cc2)cs1. The Kier molecular flexibility index (Phi) is 6.02. The molecule has 2 amide bonds. The molecule has 8 heteroatoms. The van der Waals surface area contributed by atoms with Crippen molar-refractivity contribution in [1.82, 2.24) is 10.3 Å². The summed E-state index contributed by atoms with van der Waals surface area (Å²) in [7, 11) is 0. The minimum absolute atomic E-state index is 0.127. The Bertz CT molecular complexity index is 740. The van der Waals surface area contributed by atoms with E-state index in [-0.39, 0.29) is 29.6 Å². The maximum Gasteiger partial charge on any atom is 0.335 e. The third-order valence-electron chi connectivity index (χ3n) is 3.11. The first-order valence-corrected chi connectivity index (χ1v) is 8.23. The second-order valence-electron chi connectivity index (χ2n) is 5.02. The van der Waals surface area contributed by atoms with Crippen molar-refractivity contribution < 1.29 is 19.5 Å². The van der Waals surface area contributed by atoms with Gasteiger partial charge in [0.25, 0.3) is 5.91 Å². The van der Waals surface area contributed by atoms with Crippen LogP contribution in [0.25, 0.3) is 0 Å². The van der Waals surface area contributed by atoms with Crippen molar-refractivity contribution in [3.8, 4) is 0 Å². The molecule has 126 valence electrons. The van der Waals surface area contributed by atoms with Gasteiger partial charge in [-0.1, -0.05) is 19.1 Å². The number of thiazole rings is 1. The molecule has 0 saturated carbocycles. The molecule has 24 heavy (non-hydrogen) atoms. The summed E-state index contributed by atoms with van der Waals surface area (Å²) < 4.78 is 0. The zero-order valence-corrected chi connectivity index (χ0v) is 13.9. The van der Waals surface area contributed by atoms with Gasteiger partial charge in [0.2, 0.25) is 5.91 Å². The highest BCUT2D eigenvalue weighted by Crippen LogP contribution is 2.16. The zero-order chi connectivity index (χ0) is 17.5. The summed E-state index contributed by atoms with van der Waals surface area (Å²) in [5, 5.41) is 16.1. The van der Waals surface area contributed by atoms with Gasteiger partial charge in [-0.3, -0.25) is 9.59 Å². The number of aromatic nitrogens is 1. The van der Waals surface area contributed by atoms with Crippen LogP contribution in [0, 0.1) is 0 Å². The van der Waals surface area contributed by atoms with Gasteiger partial charge in [0, 0.05) is 18.3 Å². The molecule has 0 aliphatic heterocycles. The predicted molar refractivity (Wildman–Crippen MR) is 90.2 cm³/mol. The number of carbonyl (C=O) groups excluding carboxylic acids is 2. The Morgan fingerprint density at radius 1 is 1.21 bits per heavy atom. The van der Waals surface area contributed by atoms with Crippen LogP contribution in [-0.2, 0) is 11.3 Å². The van der Waals surface area contributed by atoms with Crippen LogP contribution in [0.5, 0.6) is 0 Å². The third kappa shape index (κ3) is 4.88. The van der Waals surface area contributed by atoms with E-state index in [1.807, 2.05) is 6.92 Å². The number of anilines is 1. The molecule has 2 rings (SSSR count). The summed E-state index contributed by atoms with van der Waals surface area (Å²) in [6.07, 6.45) is 1.15. The van der Waals surface area contributed by atoms with Gasteiger partial charge in [0.15, 0.2) is 5.13 Å². The van der Waals surface area contributed by atoms with E-state index < -0.39 is 5.97 Å². The Hall–Kier alpha value is -2.74. The van der Waals surface area contributed by atoms with E-state index >= 15 is 0 Å². The third-order valence-corrected chi connectivity index (χ3v) is 3.87. The molecular formula is C16H17N3O4S. The van der Waals surface area contributed by atoms with E-state index in [9.17, 15) is 14.4 Å². The van der Waals surface area contributed by atoms with E-state index in [1.165, 1.54) is 23.5 Å². The van der Waals surface area contributed by atoms with Crippen molar-refractivity contribution in [3.05, 3.63) is 46.5 Å². The first kappa shape index (κ1) is 17.6. The first-order chi connectivity index (χ1) is 11.5. The second-order valence-corrected chi connectivity index (χ2v) is 5.88. The van der Waals surface area contributed by atoms with Gasteiger partial charge < -0.3 is 15.7 Å². The standard InChI is InChI=1S/C16H17N3O4S/c1-2-3-13(20)19-16-18-12(9-24-16)14(21)17-8-10-4-6-11(7-5-10)15(22)23/h4-7,9H,2-3,8H2,1H3,(H,17,21)(H,22,23)(H,18,19,20). The Morgan fingerprint density at radius 3 is 2.54 bits per heavy atom. The van der Waals surface area contributed by atoms with E-state index in [0.29, 0.717) is 11.6 Å². The molecule has 1 heterocycles. The topological polar surface area (TPSA) is 108 Å². The molecule has 0 radical (unpaired) electrons. The van der Waals surface area contributed by atoms with Gasteiger partial charge in [0.05, 0.1) is 5.56 Å². The number of hydrogen-bond donors (Lipinski definition) is 3. The first-order valence-electron chi connectivity index (χ1n) is 7.35. The summed E-state index contributed by atoms with van der Waals surface area (Å²) in [6, 6.07) is 6.24. The summed E-state index contributed by atoms with van der Waals surface area (Å²) in [5.74, 6) is -1.48. The number of carbonyl (C=O) groups is 3. The monoisotopic (exact) mass is 347 g/mol. The number of aromatic carboxylic acids is 1. The molecule has 0 aliphatic rings. The maximum atomic E-state index is 12.0. The minimum Gasteiger partial charge on any atom is -0.478 e. The van der Waals surface area contributed by atoms with Gasteiger partial charge in [0.1, 0.15) is 5.69 Å². The van der Waals surface area contributed by atoms with E-state index in [2.05, 4.69) is 15.6 Å². The number of benzene rings is 1. The van der Waals surface area contributed by atoms with Gasteiger partial charge in [-0.25, -0.2) is 9.78 Å². The molecule has 2 aromatic rings. The lowest BCUT2D eigenvalue weighted by molar-refractivity contribution is -0.116. The Balaban J connectivity index is 1.89. The fourth-order valence-electron chi connectivity index (χ4n) is 1.88. The average Bonchev–Trinajstić information content (AvgIpc) is 3.01. The summed E-state index contributed by atoms with van der Waals surface area (Å²) in [6.45, 7) is 2.16. The number of nitrogens with zero attached hydrogens (tertiary/aromatic N) is 1. The van der Waals surface area contributed by atoms with Gasteiger partial charge in [-0.2, -0.15) is 0 Å². The Labute approximate surface area is 142 Å². The summed E-state index contributed by atoms with van der Waals surface area (Å²) in [4.78, 5) is 38.4. The molecule has 3 N–H and O–H groups in total. The summed E-state index contributed by atoms with van der Waals surface area (Å²) >= 11 is 1.19. The second kappa shape index (κ2) is 8.21. The van der Waals surface area contributed by atoms with Crippen LogP contribution in [0.2, 0.25) is 0 Å². The van der Waals surface area contributed by atoms with Crippen LogP contribution in [0.1, 0.15) is 46.2 Å². The average molecular weight is 347 g/mol. The van der Waals surface area contributed by atoms with E-state index in [1.54, 1.807) is 17.5 Å². The number of carboxylic acid groups (broad SMARTS) is 1. The lowest BCUT2D eigenvalue weighted by Gasteiger charge is -2.04. The fourth-order valence-corrected chi connectivity index (χ4v) is 2.59. The van der Waals surface area contributed by atoms with Crippen molar-refractivity contribution >= 4 is 34.3 Å². The molecule has 7 nitrogen and oxygen atoms in total. The molecule has 0 atom stereocenters. The van der Waals surface area contributed by atoms with Gasteiger partial charge in [-0.05, 0) is 24.1 Å². The van der Waals surface area contributed by atoms with Crippen molar-refractivity contribution in [2.75, 3.05) is 5.32 Å².